The maximum absolute atomic E-state index is 13.3. The minimum atomic E-state index is -0.421. The normalized spacial score (nSPS) is 18.7. The van der Waals surface area contributed by atoms with Crippen LogP contribution >= 0.6 is 0 Å². The van der Waals surface area contributed by atoms with Gasteiger partial charge in [-0.15, -0.1) is 0 Å². The molecule has 1 amide bonds. The van der Waals surface area contributed by atoms with Crippen LogP contribution in [0.5, 0.6) is 0 Å². The van der Waals surface area contributed by atoms with Crippen LogP contribution in [0.15, 0.2) is 42.7 Å². The topological polar surface area (TPSA) is 58.6 Å². The average Bonchev–Trinajstić information content (AvgIpc) is 2.90. The zero-order valence-electron chi connectivity index (χ0n) is 14.4. The molecule has 25 heavy (non-hydrogen) atoms. The number of hydrogen-bond donors (Lipinski definition) is 0. The molecule has 0 aliphatic carbocycles. The Balaban J connectivity index is 1.61. The predicted octanol–water partition coefficient (Wildman–Crippen LogP) is 2.01. The van der Waals surface area contributed by atoms with E-state index in [1.165, 1.54) is 0 Å². The maximum Gasteiger partial charge on any atom is 0.237 e. The number of benzene rings is 1. The van der Waals surface area contributed by atoms with Crippen LogP contribution in [-0.2, 0) is 14.9 Å². The Morgan fingerprint density at radius 3 is 2.56 bits per heavy atom. The molecular weight excluding hydrogens is 316 g/mol. The molecule has 6 heteroatoms. The molecule has 0 atom stereocenters. The second-order valence-corrected chi connectivity index (χ2v) is 6.58. The SMILES string of the molecule is COCCN1C(=O)C2(CCN(c3ncccn3)CC2)c2ccccc21. The van der Waals surface area contributed by atoms with E-state index in [-0.39, 0.29) is 5.91 Å². The van der Waals surface area contributed by atoms with E-state index in [0.717, 1.165) is 43.1 Å². The van der Waals surface area contributed by atoms with Gasteiger partial charge in [-0.25, -0.2) is 9.97 Å². The smallest absolute Gasteiger partial charge is 0.237 e. The Hall–Kier alpha value is -2.47. The first-order chi connectivity index (χ1) is 12.3. The van der Waals surface area contributed by atoms with E-state index in [0.29, 0.717) is 13.2 Å². The van der Waals surface area contributed by atoms with Crippen LogP contribution in [0.1, 0.15) is 18.4 Å². The van der Waals surface area contributed by atoms with E-state index in [9.17, 15) is 4.79 Å². The first-order valence-corrected chi connectivity index (χ1v) is 8.69. The first-order valence-electron chi connectivity index (χ1n) is 8.69. The first kappa shape index (κ1) is 16.0. The number of aromatic nitrogens is 2. The second kappa shape index (κ2) is 6.44. The van der Waals surface area contributed by atoms with Gasteiger partial charge in [-0.05, 0) is 30.5 Å². The van der Waals surface area contributed by atoms with Crippen molar-refractivity contribution in [3.05, 3.63) is 48.3 Å². The average molecular weight is 338 g/mol. The summed E-state index contributed by atoms with van der Waals surface area (Å²) < 4.78 is 5.20. The van der Waals surface area contributed by atoms with Gasteiger partial charge in [-0.2, -0.15) is 0 Å². The van der Waals surface area contributed by atoms with Crippen molar-refractivity contribution in [2.75, 3.05) is 43.2 Å². The molecule has 2 aliphatic heterocycles. The summed E-state index contributed by atoms with van der Waals surface area (Å²) in [5.74, 6) is 0.951. The van der Waals surface area contributed by atoms with Gasteiger partial charge in [-0.3, -0.25) is 4.79 Å². The zero-order valence-corrected chi connectivity index (χ0v) is 14.4. The summed E-state index contributed by atoms with van der Waals surface area (Å²) in [7, 11) is 1.67. The number of rotatable bonds is 4. The minimum absolute atomic E-state index is 0.208. The third-order valence-corrected chi connectivity index (χ3v) is 5.34. The number of piperidine rings is 1. The van der Waals surface area contributed by atoms with E-state index in [4.69, 9.17) is 4.74 Å². The lowest BCUT2D eigenvalue weighted by atomic mass is 9.73. The summed E-state index contributed by atoms with van der Waals surface area (Å²) in [5, 5.41) is 0. The molecule has 1 saturated heterocycles. The predicted molar refractivity (Wildman–Crippen MR) is 95.8 cm³/mol. The van der Waals surface area contributed by atoms with Crippen molar-refractivity contribution in [3.63, 3.8) is 0 Å². The van der Waals surface area contributed by atoms with Crippen LogP contribution in [0, 0.1) is 0 Å². The summed E-state index contributed by atoms with van der Waals surface area (Å²) >= 11 is 0. The van der Waals surface area contributed by atoms with E-state index in [1.54, 1.807) is 19.5 Å². The Morgan fingerprint density at radius 1 is 1.12 bits per heavy atom. The molecule has 1 spiro atoms. The number of carbonyl (C=O) groups is 1. The summed E-state index contributed by atoms with van der Waals surface area (Å²) in [4.78, 5) is 26.0. The highest BCUT2D eigenvalue weighted by molar-refractivity contribution is 6.08. The van der Waals surface area contributed by atoms with Crippen molar-refractivity contribution in [2.45, 2.75) is 18.3 Å². The molecule has 0 N–H and O–H groups in total. The monoisotopic (exact) mass is 338 g/mol. The highest BCUT2D eigenvalue weighted by Gasteiger charge is 2.51. The van der Waals surface area contributed by atoms with Crippen molar-refractivity contribution < 1.29 is 9.53 Å². The fraction of sp³-hybridized carbons (Fsp3) is 0.421. The van der Waals surface area contributed by atoms with Gasteiger partial charge < -0.3 is 14.5 Å². The van der Waals surface area contributed by atoms with Gasteiger partial charge >= 0.3 is 0 Å². The van der Waals surface area contributed by atoms with Crippen LogP contribution < -0.4 is 9.80 Å². The lowest BCUT2D eigenvalue weighted by Crippen LogP contribution is -2.49. The van der Waals surface area contributed by atoms with Gasteiger partial charge in [-0.1, -0.05) is 18.2 Å². The molecule has 0 unspecified atom stereocenters. The number of hydrogen-bond acceptors (Lipinski definition) is 5. The number of fused-ring (bicyclic) bond motifs is 2. The summed E-state index contributed by atoms with van der Waals surface area (Å²) in [6.07, 6.45) is 5.08. The van der Waals surface area contributed by atoms with Crippen molar-refractivity contribution in [3.8, 4) is 0 Å². The van der Waals surface area contributed by atoms with Gasteiger partial charge in [0.2, 0.25) is 11.9 Å². The molecule has 1 aromatic heterocycles. The van der Waals surface area contributed by atoms with Gasteiger partial charge in [0.05, 0.1) is 12.0 Å². The number of para-hydroxylation sites is 1. The Kier molecular flexibility index (Phi) is 4.13. The van der Waals surface area contributed by atoms with Gasteiger partial charge in [0.25, 0.3) is 0 Å². The van der Waals surface area contributed by atoms with E-state index < -0.39 is 5.41 Å². The van der Waals surface area contributed by atoms with Crippen LogP contribution in [0.3, 0.4) is 0 Å². The van der Waals surface area contributed by atoms with Crippen molar-refractivity contribution >= 4 is 17.5 Å². The lowest BCUT2D eigenvalue weighted by Gasteiger charge is -2.38. The molecule has 0 radical (unpaired) electrons. The standard InChI is InChI=1S/C19H22N4O2/c1-25-14-13-23-16-6-3-2-5-15(16)19(17(23)24)7-11-22(12-8-19)18-20-9-4-10-21-18/h2-6,9-10H,7-8,11-14H2,1H3. The molecule has 1 aromatic carbocycles. The van der Waals surface area contributed by atoms with Crippen LogP contribution in [0.4, 0.5) is 11.6 Å². The maximum atomic E-state index is 13.3. The third kappa shape index (κ3) is 2.57. The number of anilines is 2. The van der Waals surface area contributed by atoms with Gasteiger partial charge in [0.15, 0.2) is 0 Å². The number of amides is 1. The number of ether oxygens (including phenoxy) is 1. The molecule has 130 valence electrons. The Morgan fingerprint density at radius 2 is 1.84 bits per heavy atom. The molecule has 4 rings (SSSR count). The van der Waals surface area contributed by atoms with Gasteiger partial charge in [0, 0.05) is 44.8 Å². The molecule has 2 aromatic rings. The van der Waals surface area contributed by atoms with Crippen molar-refractivity contribution in [2.24, 2.45) is 0 Å². The van der Waals surface area contributed by atoms with Gasteiger partial charge in [0.1, 0.15) is 0 Å². The summed E-state index contributed by atoms with van der Waals surface area (Å²) in [6.45, 7) is 2.70. The highest BCUT2D eigenvalue weighted by atomic mass is 16.5. The number of methoxy groups -OCH3 is 1. The fourth-order valence-corrected chi connectivity index (χ4v) is 4.03. The lowest BCUT2D eigenvalue weighted by molar-refractivity contribution is -0.124. The van der Waals surface area contributed by atoms with Crippen molar-refractivity contribution in [1.29, 1.82) is 0 Å². The molecular formula is C19H22N4O2. The quantitative estimate of drug-likeness (QED) is 0.853. The van der Waals surface area contributed by atoms with Crippen LogP contribution in [0.25, 0.3) is 0 Å². The third-order valence-electron chi connectivity index (χ3n) is 5.34. The second-order valence-electron chi connectivity index (χ2n) is 6.58. The van der Waals surface area contributed by atoms with E-state index >= 15 is 0 Å². The molecule has 3 heterocycles. The molecule has 6 nitrogen and oxygen atoms in total. The highest BCUT2D eigenvalue weighted by Crippen LogP contribution is 2.47. The molecule has 0 saturated carbocycles. The zero-order chi connectivity index (χ0) is 17.3. The molecule has 0 bridgehead atoms. The van der Waals surface area contributed by atoms with Crippen LogP contribution in [-0.4, -0.2) is 49.2 Å². The number of nitrogens with zero attached hydrogens (tertiary/aromatic N) is 4. The largest absolute Gasteiger partial charge is 0.383 e. The van der Waals surface area contributed by atoms with Crippen LogP contribution in [0.2, 0.25) is 0 Å². The minimum Gasteiger partial charge on any atom is -0.383 e. The van der Waals surface area contributed by atoms with E-state index in [2.05, 4.69) is 20.9 Å². The molecule has 2 aliphatic rings. The molecule has 1 fully saturated rings. The Labute approximate surface area is 147 Å². The van der Waals surface area contributed by atoms with Crippen molar-refractivity contribution in [1.82, 2.24) is 9.97 Å². The van der Waals surface area contributed by atoms with E-state index in [1.807, 2.05) is 29.2 Å². The number of carbonyl (C=O) groups excluding carboxylic acids is 1. The summed E-state index contributed by atoms with van der Waals surface area (Å²) in [5.41, 5.74) is 1.77. The Bertz CT molecular complexity index is 757. The fourth-order valence-electron chi connectivity index (χ4n) is 4.03. The summed E-state index contributed by atoms with van der Waals surface area (Å²) in [6, 6.07) is 10.00.